The van der Waals surface area contributed by atoms with E-state index in [1.54, 1.807) is 5.38 Å². The Labute approximate surface area is 197 Å². The van der Waals surface area contributed by atoms with Crippen LogP contribution in [-0.2, 0) is 11.2 Å². The highest BCUT2D eigenvalue weighted by atomic mass is 32.1. The maximum Gasteiger partial charge on any atom is 0.289 e. The number of nitrogens with one attached hydrogen (secondary N) is 2. The van der Waals surface area contributed by atoms with Gasteiger partial charge in [0.2, 0.25) is 5.91 Å². The highest BCUT2D eigenvalue weighted by Gasteiger charge is 2.28. The number of carbonyl (C=O) groups excluding carboxylic acids is 3. The van der Waals surface area contributed by atoms with Crippen molar-refractivity contribution in [3.8, 4) is 0 Å². The van der Waals surface area contributed by atoms with Crippen molar-refractivity contribution >= 4 is 51.7 Å². The monoisotopic (exact) mass is 489 g/mol. The van der Waals surface area contributed by atoms with E-state index in [9.17, 15) is 14.4 Å². The van der Waals surface area contributed by atoms with Gasteiger partial charge < -0.3 is 4.90 Å². The lowest BCUT2D eigenvalue weighted by molar-refractivity contribution is -0.121. The van der Waals surface area contributed by atoms with E-state index in [0.29, 0.717) is 13.1 Å². The summed E-state index contributed by atoms with van der Waals surface area (Å²) < 4.78 is 0. The van der Waals surface area contributed by atoms with E-state index in [-0.39, 0.29) is 29.8 Å². The molecule has 0 spiro atoms. The minimum Gasteiger partial charge on any atom is -0.338 e. The van der Waals surface area contributed by atoms with Crippen LogP contribution in [0.4, 0.5) is 0 Å². The number of piperidine rings is 1. The van der Waals surface area contributed by atoms with Crippen molar-refractivity contribution in [2.45, 2.75) is 39.0 Å². The summed E-state index contributed by atoms with van der Waals surface area (Å²) in [7, 11) is 0. The van der Waals surface area contributed by atoms with Crippen molar-refractivity contribution in [2.75, 3.05) is 13.1 Å². The number of likely N-dealkylation sites (tertiary alicyclic amines) is 1. The zero-order valence-corrected chi connectivity index (χ0v) is 20.2. The number of nitrogens with zero attached hydrogens (tertiary/aromatic N) is 3. The largest absolute Gasteiger partial charge is 0.338 e. The van der Waals surface area contributed by atoms with E-state index in [2.05, 4.69) is 20.8 Å². The second-order valence-electron chi connectivity index (χ2n) is 7.60. The highest BCUT2D eigenvalue weighted by molar-refractivity contribution is 7.13. The lowest BCUT2D eigenvalue weighted by Gasteiger charge is -2.30. The highest BCUT2D eigenvalue weighted by Crippen LogP contribution is 2.31. The minimum absolute atomic E-state index is 0.0453. The molecule has 0 aliphatic carbocycles. The second kappa shape index (κ2) is 9.88. The molecule has 4 rings (SSSR count). The van der Waals surface area contributed by atoms with E-state index < -0.39 is 5.91 Å². The number of hydrogen-bond acceptors (Lipinski definition) is 8. The maximum absolute atomic E-state index is 12.8. The van der Waals surface area contributed by atoms with E-state index in [0.717, 1.165) is 39.0 Å². The first-order valence-electron chi connectivity index (χ1n) is 10.2. The molecular formula is C21H23N5O3S3. The molecule has 3 amide bonds. The molecule has 32 heavy (non-hydrogen) atoms. The lowest BCUT2D eigenvalue weighted by Crippen LogP contribution is -2.42. The van der Waals surface area contributed by atoms with Crippen molar-refractivity contribution in [3.05, 3.63) is 54.1 Å². The van der Waals surface area contributed by atoms with Crippen LogP contribution < -0.4 is 10.9 Å². The zero-order valence-electron chi connectivity index (χ0n) is 17.7. The van der Waals surface area contributed by atoms with Crippen LogP contribution in [0.3, 0.4) is 0 Å². The number of rotatable bonds is 5. The molecule has 0 atom stereocenters. The summed E-state index contributed by atoms with van der Waals surface area (Å²) in [6.45, 7) is 5.08. The average molecular weight is 490 g/mol. The normalized spacial score (nSPS) is 14.4. The van der Waals surface area contributed by atoms with Crippen molar-refractivity contribution in [1.29, 1.82) is 0 Å². The molecule has 2 N–H and O–H groups in total. The molecule has 0 bridgehead atoms. The molecule has 0 unspecified atom stereocenters. The van der Waals surface area contributed by atoms with Gasteiger partial charge >= 0.3 is 0 Å². The number of amides is 3. The molecule has 0 radical (unpaired) electrons. The van der Waals surface area contributed by atoms with Gasteiger partial charge in [-0.1, -0.05) is 0 Å². The molecule has 1 saturated heterocycles. The van der Waals surface area contributed by atoms with Gasteiger partial charge in [-0.25, -0.2) is 9.97 Å². The third kappa shape index (κ3) is 5.22. The number of carbonyl (C=O) groups is 3. The number of hydrazine groups is 1. The Bertz CT molecular complexity index is 1110. The molecule has 1 fully saturated rings. The van der Waals surface area contributed by atoms with Gasteiger partial charge in [-0.15, -0.1) is 22.7 Å². The maximum atomic E-state index is 12.8. The van der Waals surface area contributed by atoms with Gasteiger partial charge in [0.1, 0.15) is 10.6 Å². The van der Waals surface area contributed by atoms with Gasteiger partial charge in [0.05, 0.1) is 22.1 Å². The quantitative estimate of drug-likeness (QED) is 0.535. The Morgan fingerprint density at radius 1 is 1.12 bits per heavy atom. The van der Waals surface area contributed by atoms with Gasteiger partial charge in [-0.05, 0) is 49.1 Å². The number of aryl methyl sites for hydroxylation is 2. The third-order valence-electron chi connectivity index (χ3n) is 5.24. The molecule has 3 aromatic rings. The SMILES string of the molecule is Cc1nc(C)c(C(=O)N2CCC(c3nc(C(=O)NNC(=O)Cc4ccsc4)cs3)CC2)s1. The predicted octanol–water partition coefficient (Wildman–Crippen LogP) is 3.30. The van der Waals surface area contributed by atoms with Crippen molar-refractivity contribution in [1.82, 2.24) is 25.7 Å². The number of hydrogen-bond donors (Lipinski definition) is 2. The van der Waals surface area contributed by atoms with Crippen LogP contribution in [0.2, 0.25) is 0 Å². The van der Waals surface area contributed by atoms with Crippen LogP contribution in [0.15, 0.2) is 22.2 Å². The van der Waals surface area contributed by atoms with Crippen LogP contribution in [0, 0.1) is 13.8 Å². The van der Waals surface area contributed by atoms with Gasteiger partial charge in [-0.2, -0.15) is 11.3 Å². The van der Waals surface area contributed by atoms with Crippen molar-refractivity contribution in [2.24, 2.45) is 0 Å². The van der Waals surface area contributed by atoms with Gasteiger partial charge in [0.25, 0.3) is 11.8 Å². The summed E-state index contributed by atoms with van der Waals surface area (Å²) >= 11 is 4.40. The van der Waals surface area contributed by atoms with Crippen LogP contribution in [0.1, 0.15) is 60.2 Å². The first kappa shape index (κ1) is 22.6. The summed E-state index contributed by atoms with van der Waals surface area (Å²) in [6, 6.07) is 1.87. The number of thiazole rings is 2. The van der Waals surface area contributed by atoms with Gasteiger partial charge in [-0.3, -0.25) is 25.2 Å². The molecule has 11 heteroatoms. The summed E-state index contributed by atoms with van der Waals surface area (Å²) in [5.74, 6) is -0.461. The van der Waals surface area contributed by atoms with Crippen LogP contribution >= 0.6 is 34.0 Å². The smallest absolute Gasteiger partial charge is 0.289 e. The van der Waals surface area contributed by atoms with Crippen LogP contribution in [0.25, 0.3) is 0 Å². The molecule has 4 heterocycles. The number of aromatic nitrogens is 2. The Morgan fingerprint density at radius 2 is 1.91 bits per heavy atom. The molecule has 0 aromatic carbocycles. The molecule has 1 aliphatic heterocycles. The predicted molar refractivity (Wildman–Crippen MR) is 125 cm³/mol. The first-order chi connectivity index (χ1) is 15.4. The summed E-state index contributed by atoms with van der Waals surface area (Å²) in [5, 5.41) is 7.29. The van der Waals surface area contributed by atoms with E-state index >= 15 is 0 Å². The fourth-order valence-corrected chi connectivity index (χ4v) is 6.12. The molecular weight excluding hydrogens is 466 g/mol. The summed E-state index contributed by atoms with van der Waals surface area (Å²) in [5.41, 5.74) is 6.84. The summed E-state index contributed by atoms with van der Waals surface area (Å²) in [6.07, 6.45) is 1.81. The first-order valence-corrected chi connectivity index (χ1v) is 12.8. The Hall–Kier alpha value is -2.63. The molecule has 0 saturated carbocycles. The minimum atomic E-state index is -0.435. The molecule has 168 valence electrons. The average Bonchev–Trinajstić information content (AvgIpc) is 3.53. The standard InChI is InChI=1S/C21H23N5O3S3/c1-12-18(32-13(2)22-12)21(29)26-6-3-15(4-7-26)20-23-16(11-31-20)19(28)25-24-17(27)9-14-5-8-30-10-14/h5,8,10-11,15H,3-4,6-7,9H2,1-2H3,(H,24,27)(H,25,28). The van der Waals surface area contributed by atoms with Crippen molar-refractivity contribution in [3.63, 3.8) is 0 Å². The molecule has 1 aliphatic rings. The second-order valence-corrected chi connectivity index (χ2v) is 10.5. The molecule has 3 aromatic heterocycles. The number of thiophene rings is 1. The van der Waals surface area contributed by atoms with Crippen molar-refractivity contribution < 1.29 is 14.4 Å². The fraction of sp³-hybridized carbons (Fsp3) is 0.381. The summed E-state index contributed by atoms with van der Waals surface area (Å²) in [4.78, 5) is 48.5. The van der Waals surface area contributed by atoms with Crippen LogP contribution in [0.5, 0.6) is 0 Å². The van der Waals surface area contributed by atoms with E-state index in [1.807, 2.05) is 35.6 Å². The Balaban J connectivity index is 1.27. The third-order valence-corrected chi connectivity index (χ3v) is 8.04. The molecule has 8 nitrogen and oxygen atoms in total. The van der Waals surface area contributed by atoms with E-state index in [1.165, 1.54) is 34.0 Å². The topological polar surface area (TPSA) is 104 Å². The zero-order chi connectivity index (χ0) is 22.7. The van der Waals surface area contributed by atoms with Gasteiger partial charge in [0, 0.05) is 24.4 Å². The van der Waals surface area contributed by atoms with Crippen LogP contribution in [-0.4, -0.2) is 45.7 Å². The Kier molecular flexibility index (Phi) is 6.97. The fourth-order valence-electron chi connectivity index (χ4n) is 3.60. The van der Waals surface area contributed by atoms with Gasteiger partial charge in [0.15, 0.2) is 0 Å². The Morgan fingerprint density at radius 3 is 2.56 bits per heavy atom. The lowest BCUT2D eigenvalue weighted by atomic mass is 9.97. The van der Waals surface area contributed by atoms with E-state index in [4.69, 9.17) is 0 Å².